The highest BCUT2D eigenvalue weighted by atomic mass is 127. The molecule has 2 rings (SSSR count). The summed E-state index contributed by atoms with van der Waals surface area (Å²) >= 11 is 2.28. The molecular weight excluding hydrogens is 340 g/mol. The monoisotopic (exact) mass is 359 g/mol. The SMILES string of the molecule is CC1(C)OB([C@@H](N)c2ccc(I)cc2)OC1(C)C. The van der Waals surface area contributed by atoms with E-state index in [4.69, 9.17) is 15.0 Å². The fourth-order valence-electron chi connectivity index (χ4n) is 1.88. The Morgan fingerprint density at radius 2 is 1.50 bits per heavy atom. The number of hydrogen-bond acceptors (Lipinski definition) is 3. The summed E-state index contributed by atoms with van der Waals surface area (Å²) in [4.78, 5) is 0. The van der Waals surface area contributed by atoms with E-state index in [-0.39, 0.29) is 17.1 Å². The molecule has 0 aliphatic carbocycles. The van der Waals surface area contributed by atoms with Crippen LogP contribution in [0.25, 0.3) is 0 Å². The van der Waals surface area contributed by atoms with Gasteiger partial charge in [0.2, 0.25) is 0 Å². The molecule has 0 spiro atoms. The van der Waals surface area contributed by atoms with Gasteiger partial charge in [0.15, 0.2) is 0 Å². The van der Waals surface area contributed by atoms with Crippen LogP contribution in [0.3, 0.4) is 0 Å². The summed E-state index contributed by atoms with van der Waals surface area (Å²) in [7, 11) is -0.393. The molecule has 18 heavy (non-hydrogen) atoms. The molecule has 1 aliphatic heterocycles. The Bertz CT molecular complexity index is 417. The first-order chi connectivity index (χ1) is 8.23. The Labute approximate surface area is 123 Å². The molecule has 1 fully saturated rings. The second-order valence-electron chi connectivity index (χ2n) is 5.70. The molecule has 1 atom stereocenters. The highest BCUT2D eigenvalue weighted by molar-refractivity contribution is 14.1. The largest absolute Gasteiger partial charge is 0.480 e. The van der Waals surface area contributed by atoms with Crippen molar-refractivity contribution in [2.24, 2.45) is 5.73 Å². The van der Waals surface area contributed by atoms with Crippen molar-refractivity contribution in [1.82, 2.24) is 0 Å². The normalized spacial score (nSPS) is 23.1. The van der Waals surface area contributed by atoms with Gasteiger partial charge in [-0.2, -0.15) is 0 Å². The molecule has 1 saturated heterocycles. The standard InChI is InChI=1S/C13H19BINO2/c1-12(2)13(3,4)18-14(17-12)11(16)9-5-7-10(15)8-6-9/h5-8,11H,16H2,1-4H3/t11-/m0/s1. The van der Waals surface area contributed by atoms with E-state index in [0.29, 0.717) is 0 Å². The Hall–Kier alpha value is -0.105. The molecule has 0 saturated carbocycles. The highest BCUT2D eigenvalue weighted by Gasteiger charge is 2.53. The van der Waals surface area contributed by atoms with Crippen molar-refractivity contribution in [2.45, 2.75) is 44.8 Å². The van der Waals surface area contributed by atoms with Crippen LogP contribution in [-0.4, -0.2) is 18.3 Å². The van der Waals surface area contributed by atoms with Crippen LogP contribution in [0.5, 0.6) is 0 Å². The maximum atomic E-state index is 6.24. The number of nitrogens with two attached hydrogens (primary N) is 1. The lowest BCUT2D eigenvalue weighted by atomic mass is 9.75. The van der Waals surface area contributed by atoms with Gasteiger partial charge < -0.3 is 15.0 Å². The summed E-state index contributed by atoms with van der Waals surface area (Å²) < 4.78 is 13.1. The van der Waals surface area contributed by atoms with Gasteiger partial charge in [-0.25, -0.2) is 0 Å². The maximum absolute atomic E-state index is 6.24. The third-order valence-electron chi connectivity index (χ3n) is 3.82. The molecular formula is C13H19BINO2. The molecule has 1 aliphatic rings. The van der Waals surface area contributed by atoms with Crippen molar-refractivity contribution < 1.29 is 9.31 Å². The number of rotatable bonds is 2. The van der Waals surface area contributed by atoms with E-state index in [9.17, 15) is 0 Å². The Balaban J connectivity index is 2.17. The molecule has 0 bridgehead atoms. The lowest BCUT2D eigenvalue weighted by Crippen LogP contribution is -2.41. The van der Waals surface area contributed by atoms with E-state index in [1.54, 1.807) is 0 Å². The molecule has 1 aromatic rings. The Morgan fingerprint density at radius 3 is 1.94 bits per heavy atom. The minimum atomic E-state index is -0.393. The fraction of sp³-hybridized carbons (Fsp3) is 0.538. The molecule has 3 nitrogen and oxygen atoms in total. The first-order valence-corrected chi connectivity index (χ1v) is 7.17. The van der Waals surface area contributed by atoms with Crippen LogP contribution in [-0.2, 0) is 9.31 Å². The van der Waals surface area contributed by atoms with Crippen molar-refractivity contribution in [3.8, 4) is 0 Å². The average molecular weight is 359 g/mol. The summed E-state index contributed by atoms with van der Waals surface area (Å²) in [6.45, 7) is 8.14. The zero-order valence-corrected chi connectivity index (χ0v) is 13.4. The average Bonchev–Trinajstić information content (AvgIpc) is 2.48. The number of halogens is 1. The van der Waals surface area contributed by atoms with E-state index in [2.05, 4.69) is 22.6 Å². The van der Waals surface area contributed by atoms with Gasteiger partial charge in [-0.3, -0.25) is 0 Å². The second-order valence-corrected chi connectivity index (χ2v) is 6.95. The van der Waals surface area contributed by atoms with Crippen molar-refractivity contribution >= 4 is 29.7 Å². The summed E-state index contributed by atoms with van der Waals surface area (Å²) in [5, 5.41) is 0. The molecule has 0 radical (unpaired) electrons. The van der Waals surface area contributed by atoms with Crippen molar-refractivity contribution in [3.63, 3.8) is 0 Å². The van der Waals surface area contributed by atoms with Crippen LogP contribution in [0.4, 0.5) is 0 Å². The summed E-state index contributed by atoms with van der Waals surface area (Å²) in [6.07, 6.45) is 0. The minimum absolute atomic E-state index is 0.261. The van der Waals surface area contributed by atoms with Crippen LogP contribution in [0.1, 0.15) is 39.2 Å². The number of benzene rings is 1. The van der Waals surface area contributed by atoms with Crippen molar-refractivity contribution in [1.29, 1.82) is 0 Å². The van der Waals surface area contributed by atoms with E-state index < -0.39 is 7.12 Å². The maximum Gasteiger partial charge on any atom is 0.480 e. The van der Waals surface area contributed by atoms with Gasteiger partial charge in [0.25, 0.3) is 0 Å². The quantitative estimate of drug-likeness (QED) is 0.653. The summed E-state index contributed by atoms with van der Waals surface area (Å²) in [5.74, 6) is -0.261. The molecule has 5 heteroatoms. The fourth-order valence-corrected chi connectivity index (χ4v) is 2.24. The topological polar surface area (TPSA) is 44.5 Å². The zero-order chi connectivity index (χ0) is 13.6. The van der Waals surface area contributed by atoms with E-state index in [1.807, 2.05) is 52.0 Å². The second kappa shape index (κ2) is 4.78. The van der Waals surface area contributed by atoms with Crippen molar-refractivity contribution in [3.05, 3.63) is 33.4 Å². The summed E-state index contributed by atoms with van der Waals surface area (Å²) in [6, 6.07) is 8.14. The summed E-state index contributed by atoms with van der Waals surface area (Å²) in [5.41, 5.74) is 6.61. The first-order valence-electron chi connectivity index (χ1n) is 6.10. The van der Waals surface area contributed by atoms with Gasteiger partial charge >= 0.3 is 7.12 Å². The van der Waals surface area contributed by atoms with Crippen LogP contribution in [0.15, 0.2) is 24.3 Å². The van der Waals surface area contributed by atoms with Crippen LogP contribution < -0.4 is 5.73 Å². The molecule has 98 valence electrons. The minimum Gasteiger partial charge on any atom is -0.402 e. The molecule has 1 aromatic carbocycles. The lowest BCUT2D eigenvalue weighted by Gasteiger charge is -2.32. The lowest BCUT2D eigenvalue weighted by molar-refractivity contribution is 0.00578. The molecule has 0 amide bonds. The van der Waals surface area contributed by atoms with E-state index in [0.717, 1.165) is 5.56 Å². The first kappa shape index (κ1) is 14.3. The number of hydrogen-bond donors (Lipinski definition) is 1. The van der Waals surface area contributed by atoms with Crippen LogP contribution in [0.2, 0.25) is 0 Å². The predicted octanol–water partition coefficient (Wildman–Crippen LogP) is 2.92. The molecule has 0 aromatic heterocycles. The predicted molar refractivity (Wildman–Crippen MR) is 82.2 cm³/mol. The van der Waals surface area contributed by atoms with Gasteiger partial charge in [-0.15, -0.1) is 0 Å². The molecule has 0 unspecified atom stereocenters. The van der Waals surface area contributed by atoms with Gasteiger partial charge in [0.05, 0.1) is 17.1 Å². The zero-order valence-electron chi connectivity index (χ0n) is 11.2. The Kier molecular flexibility index (Phi) is 3.80. The van der Waals surface area contributed by atoms with E-state index >= 15 is 0 Å². The highest BCUT2D eigenvalue weighted by Crippen LogP contribution is 2.39. The van der Waals surface area contributed by atoms with Gasteiger partial charge in [0.1, 0.15) is 0 Å². The van der Waals surface area contributed by atoms with Gasteiger partial charge in [-0.05, 0) is 68.0 Å². The van der Waals surface area contributed by atoms with Crippen molar-refractivity contribution in [2.75, 3.05) is 0 Å². The third-order valence-corrected chi connectivity index (χ3v) is 4.54. The van der Waals surface area contributed by atoms with Gasteiger partial charge in [-0.1, -0.05) is 12.1 Å². The molecule has 2 N–H and O–H groups in total. The third kappa shape index (κ3) is 2.59. The van der Waals surface area contributed by atoms with Crippen LogP contribution in [0, 0.1) is 3.57 Å². The van der Waals surface area contributed by atoms with Gasteiger partial charge in [0, 0.05) is 3.57 Å². The smallest absolute Gasteiger partial charge is 0.402 e. The Morgan fingerprint density at radius 1 is 1.06 bits per heavy atom. The van der Waals surface area contributed by atoms with E-state index in [1.165, 1.54) is 3.57 Å². The van der Waals surface area contributed by atoms with Crippen LogP contribution >= 0.6 is 22.6 Å². The molecule has 1 heterocycles.